The summed E-state index contributed by atoms with van der Waals surface area (Å²) in [5.41, 5.74) is 1.97. The third-order valence-corrected chi connectivity index (χ3v) is 4.17. The first-order valence-electron chi connectivity index (χ1n) is 8.33. The van der Waals surface area contributed by atoms with Crippen LogP contribution < -0.4 is 15.4 Å². The van der Waals surface area contributed by atoms with Crippen molar-refractivity contribution < 1.29 is 19.4 Å². The number of ether oxygens (including phenoxy) is 1. The van der Waals surface area contributed by atoms with Crippen molar-refractivity contribution in [2.75, 3.05) is 10.6 Å². The summed E-state index contributed by atoms with van der Waals surface area (Å²) in [5, 5.41) is 15.3. The molecule has 2 aromatic rings. The van der Waals surface area contributed by atoms with Crippen molar-refractivity contribution in [2.45, 2.75) is 32.9 Å². The van der Waals surface area contributed by atoms with Crippen LogP contribution >= 0.6 is 34.8 Å². The van der Waals surface area contributed by atoms with Crippen molar-refractivity contribution in [1.29, 1.82) is 0 Å². The minimum atomic E-state index is -1.23. The minimum Gasteiger partial charge on any atom is -0.486 e. The molecule has 0 radical (unpaired) electrons. The lowest BCUT2D eigenvalue weighted by Crippen LogP contribution is -2.15. The minimum absolute atomic E-state index is 0.178. The Balaban J connectivity index is 2.11. The summed E-state index contributed by atoms with van der Waals surface area (Å²) >= 11 is 18.6. The predicted molar refractivity (Wildman–Crippen MR) is 112 cm³/mol. The first-order chi connectivity index (χ1) is 13.1. The highest BCUT2D eigenvalue weighted by Crippen LogP contribution is 2.36. The number of halogens is 3. The van der Waals surface area contributed by atoms with E-state index in [2.05, 4.69) is 10.6 Å². The molecular formula is C19H19Cl3N2O4. The molecule has 0 aliphatic heterocycles. The fraction of sp³-hybridized carbons (Fsp3) is 0.263. The van der Waals surface area contributed by atoms with Crippen LogP contribution in [0.3, 0.4) is 0 Å². The van der Waals surface area contributed by atoms with Crippen LogP contribution in [0.25, 0.3) is 0 Å². The van der Waals surface area contributed by atoms with Gasteiger partial charge in [-0.3, -0.25) is 9.59 Å². The van der Waals surface area contributed by atoms with E-state index in [1.807, 2.05) is 26.0 Å². The van der Waals surface area contributed by atoms with Crippen LogP contribution in [0, 0.1) is 0 Å². The molecule has 0 saturated heterocycles. The lowest BCUT2D eigenvalue weighted by Gasteiger charge is -2.15. The zero-order valence-corrected chi connectivity index (χ0v) is 17.5. The molecule has 6 nitrogen and oxygen atoms in total. The van der Waals surface area contributed by atoms with Crippen molar-refractivity contribution in [3.8, 4) is 5.75 Å². The summed E-state index contributed by atoms with van der Waals surface area (Å²) in [7, 11) is 0. The highest BCUT2D eigenvalue weighted by Gasteiger charge is 2.14. The van der Waals surface area contributed by atoms with E-state index in [9.17, 15) is 9.59 Å². The Morgan fingerprint density at radius 1 is 1.04 bits per heavy atom. The van der Waals surface area contributed by atoms with E-state index in [1.54, 1.807) is 6.07 Å². The maximum atomic E-state index is 11.6. The first-order valence-corrected chi connectivity index (χ1v) is 9.47. The van der Waals surface area contributed by atoms with Gasteiger partial charge in [-0.05, 0) is 49.7 Å². The standard InChI is InChI=1S/C19H19Cl3N2O4/c1-10(2)23-13-4-11(3-12(20)5-13)9-28-19-15(21)6-14(7-16(19)22)24-17(25)8-18(26)27/h3-7,10,23H,8-9H2,1-2H3,(H,24,25)(H,26,27). The van der Waals surface area contributed by atoms with E-state index in [0.29, 0.717) is 5.02 Å². The Morgan fingerprint density at radius 3 is 2.25 bits per heavy atom. The number of rotatable bonds is 8. The molecule has 3 N–H and O–H groups in total. The topological polar surface area (TPSA) is 87.7 Å². The Hall–Kier alpha value is -2.15. The normalized spacial score (nSPS) is 10.6. The van der Waals surface area contributed by atoms with Crippen LogP contribution in [0.1, 0.15) is 25.8 Å². The monoisotopic (exact) mass is 444 g/mol. The number of anilines is 2. The lowest BCUT2D eigenvalue weighted by molar-refractivity contribution is -0.139. The van der Waals surface area contributed by atoms with Crippen LogP contribution in [0.4, 0.5) is 11.4 Å². The van der Waals surface area contributed by atoms with Gasteiger partial charge in [0.25, 0.3) is 0 Å². The molecule has 150 valence electrons. The average Bonchev–Trinajstić information content (AvgIpc) is 2.51. The zero-order valence-electron chi connectivity index (χ0n) is 15.2. The van der Waals surface area contributed by atoms with Gasteiger partial charge in [0, 0.05) is 22.4 Å². The Bertz CT molecular complexity index is 864. The van der Waals surface area contributed by atoms with Gasteiger partial charge in [0.05, 0.1) is 10.0 Å². The molecule has 0 atom stereocenters. The van der Waals surface area contributed by atoms with E-state index in [0.717, 1.165) is 11.3 Å². The van der Waals surface area contributed by atoms with Crippen LogP contribution in [0.15, 0.2) is 30.3 Å². The van der Waals surface area contributed by atoms with Crippen molar-refractivity contribution >= 4 is 58.1 Å². The number of amides is 1. The first kappa shape index (κ1) is 22.1. The third-order valence-electron chi connectivity index (χ3n) is 3.39. The lowest BCUT2D eigenvalue weighted by atomic mass is 10.2. The average molecular weight is 446 g/mol. The highest BCUT2D eigenvalue weighted by molar-refractivity contribution is 6.37. The van der Waals surface area contributed by atoms with Crippen molar-refractivity contribution in [1.82, 2.24) is 0 Å². The van der Waals surface area contributed by atoms with Gasteiger partial charge < -0.3 is 20.5 Å². The van der Waals surface area contributed by atoms with Crippen molar-refractivity contribution in [2.24, 2.45) is 0 Å². The number of carboxylic acid groups (broad SMARTS) is 1. The van der Waals surface area contributed by atoms with Gasteiger partial charge in [-0.2, -0.15) is 0 Å². The molecule has 28 heavy (non-hydrogen) atoms. The SMILES string of the molecule is CC(C)Nc1cc(Cl)cc(COc2c(Cl)cc(NC(=O)CC(=O)O)cc2Cl)c1. The molecule has 1 amide bonds. The number of benzene rings is 2. The summed E-state index contributed by atoms with van der Waals surface area (Å²) in [5.74, 6) is -1.67. The molecule has 9 heteroatoms. The maximum Gasteiger partial charge on any atom is 0.312 e. The number of carbonyl (C=O) groups is 2. The fourth-order valence-corrected chi connectivity index (χ4v) is 3.27. The number of carboxylic acids is 1. The maximum absolute atomic E-state index is 11.6. The summed E-state index contributed by atoms with van der Waals surface area (Å²) in [4.78, 5) is 22.1. The van der Waals surface area contributed by atoms with E-state index in [4.69, 9.17) is 44.6 Å². The van der Waals surface area contributed by atoms with Crippen LogP contribution in [0.5, 0.6) is 5.75 Å². The van der Waals surface area contributed by atoms with E-state index < -0.39 is 18.3 Å². The molecule has 0 unspecified atom stereocenters. The highest BCUT2D eigenvalue weighted by atomic mass is 35.5. The fourth-order valence-electron chi connectivity index (χ4n) is 2.42. The van der Waals surface area contributed by atoms with Crippen LogP contribution in [-0.4, -0.2) is 23.0 Å². The van der Waals surface area contributed by atoms with Gasteiger partial charge >= 0.3 is 5.97 Å². The molecule has 0 aromatic heterocycles. The quantitative estimate of drug-likeness (QED) is 0.470. The number of aliphatic carboxylic acids is 1. The van der Waals surface area contributed by atoms with Gasteiger partial charge in [-0.15, -0.1) is 0 Å². The third kappa shape index (κ3) is 6.78. The molecule has 2 aromatic carbocycles. The second kappa shape index (κ2) is 9.87. The van der Waals surface area contributed by atoms with Crippen LogP contribution in [-0.2, 0) is 16.2 Å². The van der Waals surface area contributed by atoms with Crippen molar-refractivity contribution in [3.63, 3.8) is 0 Å². The summed E-state index contributed by atoms with van der Waals surface area (Å²) in [6.07, 6.45) is -0.658. The van der Waals surface area contributed by atoms with Gasteiger partial charge in [0.15, 0.2) is 5.75 Å². The molecule has 0 fully saturated rings. The number of carbonyl (C=O) groups excluding carboxylic acids is 1. The zero-order chi connectivity index (χ0) is 20.8. The van der Waals surface area contributed by atoms with Gasteiger partial charge in [0.2, 0.25) is 5.91 Å². The second-order valence-corrected chi connectivity index (χ2v) is 7.57. The number of hydrogen-bond donors (Lipinski definition) is 3. The smallest absolute Gasteiger partial charge is 0.312 e. The predicted octanol–water partition coefficient (Wildman–Crippen LogP) is 5.46. The summed E-state index contributed by atoms with van der Waals surface area (Å²) in [6.45, 7) is 4.22. The van der Waals surface area contributed by atoms with E-state index in [1.165, 1.54) is 12.1 Å². The summed E-state index contributed by atoms with van der Waals surface area (Å²) in [6, 6.07) is 8.63. The number of nitrogens with one attached hydrogen (secondary N) is 2. The largest absolute Gasteiger partial charge is 0.486 e. The molecule has 0 bridgehead atoms. The van der Waals surface area contributed by atoms with Gasteiger partial charge in [0.1, 0.15) is 13.0 Å². The number of hydrogen-bond acceptors (Lipinski definition) is 4. The second-order valence-electron chi connectivity index (χ2n) is 6.32. The van der Waals surface area contributed by atoms with Gasteiger partial charge in [-0.25, -0.2) is 0 Å². The molecule has 2 rings (SSSR count). The Kier molecular flexibility index (Phi) is 7.80. The van der Waals surface area contributed by atoms with Gasteiger partial charge in [-0.1, -0.05) is 34.8 Å². The molecule has 0 saturated carbocycles. The molecule has 0 spiro atoms. The molecule has 0 heterocycles. The Labute approximate surface area is 177 Å². The molecular weight excluding hydrogens is 427 g/mol. The summed E-state index contributed by atoms with van der Waals surface area (Å²) < 4.78 is 5.74. The van der Waals surface area contributed by atoms with Crippen LogP contribution in [0.2, 0.25) is 15.1 Å². The van der Waals surface area contributed by atoms with E-state index >= 15 is 0 Å². The Morgan fingerprint density at radius 2 is 1.68 bits per heavy atom. The van der Waals surface area contributed by atoms with E-state index in [-0.39, 0.29) is 34.1 Å². The van der Waals surface area contributed by atoms with Crippen molar-refractivity contribution in [3.05, 3.63) is 51.0 Å². The molecule has 0 aliphatic rings. The molecule has 0 aliphatic carbocycles.